The number of rotatable bonds is 5. The molecule has 0 atom stereocenters. The van der Waals surface area contributed by atoms with Crippen LogP contribution < -0.4 is 5.32 Å². The predicted molar refractivity (Wildman–Crippen MR) is 90.0 cm³/mol. The second-order valence-corrected chi connectivity index (χ2v) is 5.69. The number of amides is 1. The van der Waals surface area contributed by atoms with Gasteiger partial charge in [0.2, 0.25) is 5.91 Å². The summed E-state index contributed by atoms with van der Waals surface area (Å²) in [6.07, 6.45) is -4.67. The van der Waals surface area contributed by atoms with Crippen LogP contribution in [0.2, 0.25) is 0 Å². The lowest BCUT2D eigenvalue weighted by atomic mass is 10.1. The van der Waals surface area contributed by atoms with Gasteiger partial charge < -0.3 is 10.2 Å². The standard InChI is InChI=1S/C17H16F3N3O3/c1-11(24)22(2)10-12-4-3-5-14(8-12)21-15-7-6-13(17(18,19)20)9-16(15)23(25)26/h3-9,21H,10H2,1-2H3. The van der Waals surface area contributed by atoms with E-state index < -0.39 is 22.4 Å². The number of halogens is 3. The second kappa shape index (κ2) is 7.42. The molecule has 1 amide bonds. The molecule has 0 aliphatic rings. The van der Waals surface area contributed by atoms with Crippen molar-refractivity contribution in [1.29, 1.82) is 0 Å². The van der Waals surface area contributed by atoms with E-state index in [0.717, 1.165) is 17.7 Å². The zero-order valence-corrected chi connectivity index (χ0v) is 14.0. The lowest BCUT2D eigenvalue weighted by Crippen LogP contribution is -2.22. The smallest absolute Gasteiger partial charge is 0.350 e. The molecular formula is C17H16F3N3O3. The molecule has 0 spiro atoms. The number of benzene rings is 2. The summed E-state index contributed by atoms with van der Waals surface area (Å²) < 4.78 is 38.3. The number of carbonyl (C=O) groups excluding carboxylic acids is 1. The van der Waals surface area contributed by atoms with E-state index >= 15 is 0 Å². The molecule has 0 aliphatic carbocycles. The van der Waals surface area contributed by atoms with Crippen molar-refractivity contribution in [3.63, 3.8) is 0 Å². The third kappa shape index (κ3) is 4.71. The van der Waals surface area contributed by atoms with Gasteiger partial charge in [0.1, 0.15) is 5.69 Å². The topological polar surface area (TPSA) is 75.5 Å². The molecule has 2 rings (SSSR count). The Morgan fingerprint density at radius 3 is 2.50 bits per heavy atom. The highest BCUT2D eigenvalue weighted by atomic mass is 19.4. The molecule has 9 heteroatoms. The van der Waals surface area contributed by atoms with Crippen molar-refractivity contribution in [3.8, 4) is 0 Å². The Hall–Kier alpha value is -3.10. The Morgan fingerprint density at radius 1 is 1.23 bits per heavy atom. The van der Waals surface area contributed by atoms with Gasteiger partial charge in [0, 0.05) is 32.3 Å². The minimum atomic E-state index is -4.67. The van der Waals surface area contributed by atoms with Gasteiger partial charge in [0.15, 0.2) is 0 Å². The summed E-state index contributed by atoms with van der Waals surface area (Å²) in [5.74, 6) is -0.123. The molecule has 0 saturated heterocycles. The van der Waals surface area contributed by atoms with Gasteiger partial charge in [-0.15, -0.1) is 0 Å². The van der Waals surface area contributed by atoms with E-state index in [1.807, 2.05) is 0 Å². The molecule has 0 heterocycles. The summed E-state index contributed by atoms with van der Waals surface area (Å²) >= 11 is 0. The molecule has 0 saturated carbocycles. The fourth-order valence-electron chi connectivity index (χ4n) is 2.25. The number of nitro benzene ring substituents is 1. The average molecular weight is 367 g/mol. The van der Waals surface area contributed by atoms with E-state index in [0.29, 0.717) is 18.3 Å². The first kappa shape index (κ1) is 19.2. The number of alkyl halides is 3. The van der Waals surface area contributed by atoms with E-state index in [1.54, 1.807) is 31.3 Å². The van der Waals surface area contributed by atoms with Gasteiger partial charge in [-0.25, -0.2) is 0 Å². The molecule has 0 aromatic heterocycles. The maximum atomic E-state index is 12.8. The minimum Gasteiger partial charge on any atom is -0.350 e. The number of nitrogens with one attached hydrogen (secondary N) is 1. The molecule has 0 unspecified atom stereocenters. The van der Waals surface area contributed by atoms with Crippen molar-refractivity contribution in [2.75, 3.05) is 12.4 Å². The second-order valence-electron chi connectivity index (χ2n) is 5.69. The van der Waals surface area contributed by atoms with Gasteiger partial charge >= 0.3 is 6.18 Å². The SMILES string of the molecule is CC(=O)N(C)Cc1cccc(Nc2ccc(C(F)(F)F)cc2[N+](=O)[O-])c1. The third-order valence-electron chi connectivity index (χ3n) is 3.69. The molecule has 138 valence electrons. The first-order valence-corrected chi connectivity index (χ1v) is 7.51. The first-order chi connectivity index (χ1) is 12.1. The Morgan fingerprint density at radius 2 is 1.92 bits per heavy atom. The number of hydrogen-bond donors (Lipinski definition) is 1. The van der Waals surface area contributed by atoms with Crippen molar-refractivity contribution >= 4 is 23.0 Å². The number of hydrogen-bond acceptors (Lipinski definition) is 4. The highest BCUT2D eigenvalue weighted by Gasteiger charge is 2.33. The Kier molecular flexibility index (Phi) is 5.49. The zero-order chi connectivity index (χ0) is 19.5. The maximum Gasteiger partial charge on any atom is 0.416 e. The predicted octanol–water partition coefficient (Wildman–Crippen LogP) is 4.34. The summed E-state index contributed by atoms with van der Waals surface area (Å²) in [5.41, 5.74) is -0.595. The van der Waals surface area contributed by atoms with Gasteiger partial charge in [-0.1, -0.05) is 12.1 Å². The molecule has 1 N–H and O–H groups in total. The van der Waals surface area contributed by atoms with Crippen LogP contribution in [0.3, 0.4) is 0 Å². The number of nitro groups is 1. The molecule has 2 aromatic rings. The Bertz CT molecular complexity index is 837. The lowest BCUT2D eigenvalue weighted by molar-refractivity contribution is -0.384. The molecule has 6 nitrogen and oxygen atoms in total. The molecule has 2 aromatic carbocycles. The molecule has 0 aliphatic heterocycles. The molecule has 0 bridgehead atoms. The van der Waals surface area contributed by atoms with Crippen LogP contribution in [0.1, 0.15) is 18.1 Å². The molecule has 26 heavy (non-hydrogen) atoms. The Labute approximate surface area is 147 Å². The Balaban J connectivity index is 2.31. The van der Waals surface area contributed by atoms with Gasteiger partial charge in [-0.05, 0) is 29.8 Å². The van der Waals surface area contributed by atoms with Crippen LogP contribution in [0.15, 0.2) is 42.5 Å². The fraction of sp³-hybridized carbons (Fsp3) is 0.235. The molecular weight excluding hydrogens is 351 g/mol. The van der Waals surface area contributed by atoms with E-state index in [9.17, 15) is 28.1 Å². The zero-order valence-electron chi connectivity index (χ0n) is 14.0. The normalized spacial score (nSPS) is 11.1. The van der Waals surface area contributed by atoms with Gasteiger partial charge in [-0.3, -0.25) is 14.9 Å². The number of anilines is 2. The summed E-state index contributed by atoms with van der Waals surface area (Å²) in [6, 6.07) is 9.04. The first-order valence-electron chi connectivity index (χ1n) is 7.51. The van der Waals surface area contributed by atoms with Crippen molar-refractivity contribution in [1.82, 2.24) is 4.90 Å². The van der Waals surface area contributed by atoms with E-state index in [2.05, 4.69) is 5.32 Å². The highest BCUT2D eigenvalue weighted by Crippen LogP contribution is 2.36. The minimum absolute atomic E-state index is 0.0555. The quantitative estimate of drug-likeness (QED) is 0.630. The fourth-order valence-corrected chi connectivity index (χ4v) is 2.25. The average Bonchev–Trinajstić information content (AvgIpc) is 2.54. The van der Waals surface area contributed by atoms with E-state index in [4.69, 9.17) is 0 Å². The van der Waals surface area contributed by atoms with Crippen LogP contribution in [0.5, 0.6) is 0 Å². The van der Waals surface area contributed by atoms with Crippen LogP contribution in [0.25, 0.3) is 0 Å². The summed E-state index contributed by atoms with van der Waals surface area (Å²) in [7, 11) is 1.63. The van der Waals surface area contributed by atoms with Crippen LogP contribution >= 0.6 is 0 Å². The highest BCUT2D eigenvalue weighted by molar-refractivity contribution is 5.73. The van der Waals surface area contributed by atoms with Gasteiger partial charge in [-0.2, -0.15) is 13.2 Å². The maximum absolute atomic E-state index is 12.8. The van der Waals surface area contributed by atoms with Crippen molar-refractivity contribution in [2.24, 2.45) is 0 Å². The summed E-state index contributed by atoms with van der Waals surface area (Å²) in [6.45, 7) is 1.76. The molecule has 0 fully saturated rings. The van der Waals surface area contributed by atoms with Crippen LogP contribution in [-0.4, -0.2) is 22.8 Å². The van der Waals surface area contributed by atoms with Crippen LogP contribution in [0.4, 0.5) is 30.2 Å². The van der Waals surface area contributed by atoms with Crippen molar-refractivity contribution in [2.45, 2.75) is 19.6 Å². The molecule has 0 radical (unpaired) electrons. The number of nitrogens with zero attached hydrogens (tertiary/aromatic N) is 2. The van der Waals surface area contributed by atoms with E-state index in [1.165, 1.54) is 11.8 Å². The largest absolute Gasteiger partial charge is 0.416 e. The van der Waals surface area contributed by atoms with Gasteiger partial charge in [0.05, 0.1) is 10.5 Å². The third-order valence-corrected chi connectivity index (χ3v) is 3.69. The number of carbonyl (C=O) groups is 1. The van der Waals surface area contributed by atoms with Crippen LogP contribution in [-0.2, 0) is 17.5 Å². The van der Waals surface area contributed by atoms with Crippen molar-refractivity contribution in [3.05, 3.63) is 63.7 Å². The summed E-state index contributed by atoms with van der Waals surface area (Å²) in [4.78, 5) is 23.0. The van der Waals surface area contributed by atoms with E-state index in [-0.39, 0.29) is 11.6 Å². The van der Waals surface area contributed by atoms with Crippen molar-refractivity contribution < 1.29 is 22.9 Å². The van der Waals surface area contributed by atoms with Gasteiger partial charge in [0.25, 0.3) is 5.69 Å². The van der Waals surface area contributed by atoms with Crippen LogP contribution in [0, 0.1) is 10.1 Å². The monoisotopic (exact) mass is 367 g/mol. The lowest BCUT2D eigenvalue weighted by Gasteiger charge is -2.16. The summed E-state index contributed by atoms with van der Waals surface area (Å²) in [5, 5.41) is 13.9.